The molecule has 1 heterocycles. The summed E-state index contributed by atoms with van der Waals surface area (Å²) in [5.41, 5.74) is 0.406. The standard InChI is InChI=1S/C21H32Cl2N4O/c1-25(2)21(28)24-17-8-6-16(7-9-17)10-11-26-12-14-27(15-13-26)19-5-3-4-18(22)20(19)23/h3-5,16-17H,6-15H2,1-2H3,(H,24,28)/i1D3,2D3,3D,4D,5D. The molecular weight excluding hydrogens is 395 g/mol. The quantitative estimate of drug-likeness (QED) is 0.747. The van der Waals surface area contributed by atoms with Crippen molar-refractivity contribution >= 4 is 34.9 Å². The second-order valence-electron chi connectivity index (χ2n) is 7.47. The Hall–Kier alpha value is -1.17. The van der Waals surface area contributed by atoms with E-state index >= 15 is 0 Å². The molecule has 0 aromatic heterocycles. The van der Waals surface area contributed by atoms with Gasteiger partial charge in [-0.15, -0.1) is 0 Å². The second-order valence-corrected chi connectivity index (χ2v) is 8.23. The average molecular weight is 436 g/mol. The van der Waals surface area contributed by atoms with Crippen molar-refractivity contribution in [3.63, 3.8) is 0 Å². The van der Waals surface area contributed by atoms with Crippen molar-refractivity contribution in [3.05, 3.63) is 28.2 Å². The minimum Gasteiger partial charge on any atom is -0.368 e. The minimum absolute atomic E-state index is 0.00332. The molecule has 0 radical (unpaired) electrons. The van der Waals surface area contributed by atoms with Crippen molar-refractivity contribution in [1.29, 1.82) is 0 Å². The van der Waals surface area contributed by atoms with Crippen LogP contribution in [0.2, 0.25) is 10.0 Å². The van der Waals surface area contributed by atoms with E-state index in [-0.39, 0.29) is 39.1 Å². The van der Waals surface area contributed by atoms with Gasteiger partial charge in [0.15, 0.2) is 0 Å². The highest BCUT2D eigenvalue weighted by atomic mass is 35.5. The maximum Gasteiger partial charge on any atom is 0.317 e. The first-order chi connectivity index (χ1) is 17.1. The summed E-state index contributed by atoms with van der Waals surface area (Å²) in [5, 5.41) is 2.73. The third-order valence-electron chi connectivity index (χ3n) is 5.67. The van der Waals surface area contributed by atoms with Gasteiger partial charge in [0.2, 0.25) is 0 Å². The third-order valence-corrected chi connectivity index (χ3v) is 6.42. The molecule has 1 saturated heterocycles. The summed E-state index contributed by atoms with van der Waals surface area (Å²) >= 11 is 12.4. The van der Waals surface area contributed by atoms with Crippen molar-refractivity contribution in [1.82, 2.24) is 15.1 Å². The largest absolute Gasteiger partial charge is 0.368 e. The van der Waals surface area contributed by atoms with Crippen molar-refractivity contribution in [2.24, 2.45) is 5.92 Å². The van der Waals surface area contributed by atoms with Crippen LogP contribution in [0.1, 0.15) is 44.4 Å². The lowest BCUT2D eigenvalue weighted by Crippen LogP contribution is -2.47. The van der Waals surface area contributed by atoms with Crippen molar-refractivity contribution < 1.29 is 17.1 Å². The molecular formula is C21H32Cl2N4O. The average Bonchev–Trinajstić information content (AvgIpc) is 2.80. The number of hydrogen-bond acceptors (Lipinski definition) is 3. The second kappa shape index (κ2) is 10.0. The Morgan fingerprint density at radius 1 is 1.21 bits per heavy atom. The first-order valence-electron chi connectivity index (χ1n) is 14.1. The van der Waals surface area contributed by atoms with Gasteiger partial charge in [0.25, 0.3) is 0 Å². The Labute approximate surface area is 191 Å². The van der Waals surface area contributed by atoms with E-state index in [1.165, 1.54) is 0 Å². The molecule has 5 nitrogen and oxygen atoms in total. The number of hydrogen-bond donors (Lipinski definition) is 1. The van der Waals surface area contributed by atoms with Crippen LogP contribution in [0.15, 0.2) is 18.1 Å². The fraction of sp³-hybridized carbons (Fsp3) is 0.667. The topological polar surface area (TPSA) is 38.8 Å². The number of nitrogens with zero attached hydrogens (tertiary/aromatic N) is 3. The molecule has 3 rings (SSSR count). The van der Waals surface area contributed by atoms with Crippen molar-refractivity contribution in [2.45, 2.75) is 38.1 Å². The molecule has 2 fully saturated rings. The van der Waals surface area contributed by atoms with E-state index in [9.17, 15) is 4.79 Å². The molecule has 156 valence electrons. The number of urea groups is 1. The van der Waals surface area contributed by atoms with Crippen LogP contribution < -0.4 is 10.2 Å². The summed E-state index contributed by atoms with van der Waals surface area (Å²) in [6.45, 7) is -2.44. The Kier molecular flexibility index (Phi) is 4.48. The van der Waals surface area contributed by atoms with Gasteiger partial charge >= 0.3 is 6.03 Å². The monoisotopic (exact) mass is 435 g/mol. The Morgan fingerprint density at radius 2 is 1.93 bits per heavy atom. The number of anilines is 1. The SMILES string of the molecule is [2H]c1c([2H])c(Cl)c(Cl)c(N2CCN(CCC3CCC(NC(=O)N(C([2H])([2H])[2H])C([2H])([2H])[2H])CC3)CC2)c1[2H]. The summed E-state index contributed by atoms with van der Waals surface area (Å²) in [6.07, 6.45) is 4.00. The zero-order valence-corrected chi connectivity index (χ0v) is 17.2. The lowest BCUT2D eigenvalue weighted by atomic mass is 9.84. The number of halogens is 2. The maximum atomic E-state index is 12.4. The van der Waals surface area contributed by atoms with Crippen LogP contribution in [-0.2, 0) is 0 Å². The number of rotatable bonds is 5. The zero-order valence-electron chi connectivity index (χ0n) is 24.7. The highest BCUT2D eigenvalue weighted by molar-refractivity contribution is 6.43. The van der Waals surface area contributed by atoms with Gasteiger partial charge in [-0.1, -0.05) is 29.2 Å². The van der Waals surface area contributed by atoms with Crippen LogP contribution in [0.5, 0.6) is 0 Å². The highest BCUT2D eigenvalue weighted by Gasteiger charge is 2.24. The van der Waals surface area contributed by atoms with Gasteiger partial charge in [0, 0.05) is 54.4 Å². The predicted molar refractivity (Wildman–Crippen MR) is 118 cm³/mol. The van der Waals surface area contributed by atoms with Crippen LogP contribution in [-0.4, -0.2) is 68.5 Å². The van der Waals surface area contributed by atoms with Gasteiger partial charge < -0.3 is 15.1 Å². The molecule has 1 aromatic rings. The Morgan fingerprint density at radius 3 is 2.61 bits per heavy atom. The zero-order chi connectivity index (χ0) is 27.7. The summed E-state index contributed by atoms with van der Waals surface area (Å²) < 4.78 is 68.3. The molecule has 1 aromatic carbocycles. The van der Waals surface area contributed by atoms with Gasteiger partial charge in [-0.25, -0.2) is 4.79 Å². The van der Waals surface area contributed by atoms with E-state index < -0.39 is 20.0 Å². The molecule has 2 amide bonds. The third kappa shape index (κ3) is 5.68. The first kappa shape index (κ1) is 12.5. The Balaban J connectivity index is 1.44. The van der Waals surface area contributed by atoms with E-state index in [1.807, 2.05) is 4.90 Å². The van der Waals surface area contributed by atoms with Gasteiger partial charge in [-0.05, 0) is 56.7 Å². The Bertz CT molecular complexity index is 933. The number of carbonyl (C=O) groups is 1. The normalized spacial score (nSPS) is 29.1. The number of benzene rings is 1. The van der Waals surface area contributed by atoms with Crippen molar-refractivity contribution in [2.75, 3.05) is 51.6 Å². The lowest BCUT2D eigenvalue weighted by Gasteiger charge is -2.37. The molecule has 0 bridgehead atoms. The van der Waals surface area contributed by atoms with Crippen LogP contribution >= 0.6 is 23.2 Å². The van der Waals surface area contributed by atoms with Gasteiger partial charge in [0.1, 0.15) is 0 Å². The number of carbonyl (C=O) groups excluding carboxylic acids is 1. The van der Waals surface area contributed by atoms with E-state index in [0.717, 1.165) is 38.9 Å². The molecule has 0 atom stereocenters. The molecule has 28 heavy (non-hydrogen) atoms. The first-order valence-corrected chi connectivity index (χ1v) is 10.4. The molecule has 2 aliphatic rings. The van der Waals surface area contributed by atoms with E-state index in [0.29, 0.717) is 37.5 Å². The smallest absolute Gasteiger partial charge is 0.317 e. The van der Waals surface area contributed by atoms with E-state index in [2.05, 4.69) is 10.2 Å². The summed E-state index contributed by atoms with van der Waals surface area (Å²) in [4.78, 5) is 16.6. The molecule has 0 spiro atoms. The lowest BCUT2D eigenvalue weighted by molar-refractivity contribution is 0.194. The van der Waals surface area contributed by atoms with Gasteiger partial charge in [0.05, 0.1) is 19.8 Å². The molecule has 1 N–H and O–H groups in total. The van der Waals surface area contributed by atoms with Crippen LogP contribution in [0.3, 0.4) is 0 Å². The van der Waals surface area contributed by atoms with Crippen molar-refractivity contribution in [3.8, 4) is 0 Å². The molecule has 0 unspecified atom stereocenters. The number of nitrogens with one attached hydrogen (secondary N) is 1. The summed E-state index contributed by atoms with van der Waals surface area (Å²) in [7, 11) is 0. The maximum absolute atomic E-state index is 12.4. The fourth-order valence-electron chi connectivity index (χ4n) is 3.97. The molecule has 1 saturated carbocycles. The van der Waals surface area contributed by atoms with E-state index in [1.54, 1.807) is 0 Å². The number of piperazine rings is 1. The van der Waals surface area contributed by atoms with Crippen LogP contribution in [0.4, 0.5) is 10.5 Å². The summed E-state index contributed by atoms with van der Waals surface area (Å²) in [6, 6.07) is -1.90. The fourth-order valence-corrected chi connectivity index (χ4v) is 4.32. The summed E-state index contributed by atoms with van der Waals surface area (Å²) in [5.74, 6) is 0.455. The number of amides is 2. The molecule has 1 aliphatic heterocycles. The molecule has 1 aliphatic carbocycles. The van der Waals surface area contributed by atoms with Crippen LogP contribution in [0.25, 0.3) is 0 Å². The van der Waals surface area contributed by atoms with Crippen LogP contribution in [0, 0.1) is 5.92 Å². The highest BCUT2D eigenvalue weighted by Crippen LogP contribution is 2.33. The van der Waals surface area contributed by atoms with Gasteiger partial charge in [-0.2, -0.15) is 0 Å². The molecule has 7 heteroatoms. The van der Waals surface area contributed by atoms with E-state index in [4.69, 9.17) is 35.5 Å². The minimum atomic E-state index is -3.05. The predicted octanol–water partition coefficient (Wildman–Crippen LogP) is 4.34. The van der Waals surface area contributed by atoms with Gasteiger partial charge in [-0.3, -0.25) is 4.90 Å².